The summed E-state index contributed by atoms with van der Waals surface area (Å²) >= 11 is 3.80. The Kier molecular flexibility index (Phi) is 6.09. The van der Waals surface area contributed by atoms with Crippen LogP contribution in [0.5, 0.6) is 0 Å². The Morgan fingerprint density at radius 2 is 1.02 bits per heavy atom. The number of furan rings is 2. The number of thiophene rings is 2. The van der Waals surface area contributed by atoms with E-state index in [4.69, 9.17) is 8.83 Å². The predicted octanol–water partition coefficient (Wildman–Crippen LogP) is 15.4. The van der Waals surface area contributed by atoms with Gasteiger partial charge in [-0.3, -0.25) is 0 Å². The minimum absolute atomic E-state index is 0.860. The molecular weight excluding hydrogens is 687 g/mol. The molecule has 0 fully saturated rings. The number of hydrogen-bond donors (Lipinski definition) is 0. The van der Waals surface area contributed by atoms with Gasteiger partial charge in [-0.15, -0.1) is 22.7 Å². The average molecular weight is 714 g/mol. The molecule has 0 saturated heterocycles. The zero-order valence-electron chi connectivity index (χ0n) is 28.2. The molecule has 0 atom stereocenters. The number of nitrogens with zero attached hydrogens (tertiary/aromatic N) is 1. The van der Waals surface area contributed by atoms with E-state index in [1.165, 1.54) is 51.5 Å². The lowest BCUT2D eigenvalue weighted by Gasteiger charge is -2.26. The molecule has 0 radical (unpaired) electrons. The van der Waals surface area contributed by atoms with Crippen molar-refractivity contribution in [1.82, 2.24) is 0 Å². The Labute approximate surface area is 311 Å². The summed E-state index contributed by atoms with van der Waals surface area (Å²) in [5.74, 6) is 0. The summed E-state index contributed by atoms with van der Waals surface area (Å²) in [4.78, 5) is 2.33. The average Bonchev–Trinajstić information content (AvgIpc) is 3.98. The second-order valence-corrected chi connectivity index (χ2v) is 15.7. The van der Waals surface area contributed by atoms with Crippen LogP contribution in [0.25, 0.3) is 95.3 Å². The molecule has 5 heteroatoms. The molecule has 0 aliphatic rings. The standard InChI is InChI=1S/C48H27NO2S2/c1-4-15-39-32(9-1)33-24-23-30(27-42(33)51-39)49(38-14-8-17-41-45(38)36-10-2-5-16-40(36)50-41)29-21-19-28(20-22-29)31-12-7-13-34-35-25-26-44-46(48(35)53-47(31)34)37-11-3-6-18-43(37)52-44/h1-27H. The molecule has 8 aromatic carbocycles. The zero-order valence-corrected chi connectivity index (χ0v) is 29.8. The summed E-state index contributed by atoms with van der Waals surface area (Å²) in [6, 6.07) is 58.6. The van der Waals surface area contributed by atoms with Crippen molar-refractivity contribution >= 4 is 124 Å². The quantitative estimate of drug-likeness (QED) is 0.182. The maximum atomic E-state index is 6.40. The SMILES string of the molecule is c1ccc2c(c1)oc1cc(N(c3ccc(-c4cccc5c4sc4c5ccc5sc6ccccc6c54)cc3)c3cccc4oc5ccccc5c34)ccc12. The van der Waals surface area contributed by atoms with Crippen molar-refractivity contribution in [2.75, 3.05) is 4.90 Å². The van der Waals surface area contributed by atoms with Gasteiger partial charge in [0.15, 0.2) is 0 Å². The molecule has 0 N–H and O–H groups in total. The highest BCUT2D eigenvalue weighted by Gasteiger charge is 2.21. The minimum Gasteiger partial charge on any atom is -0.456 e. The monoisotopic (exact) mass is 713 g/mol. The van der Waals surface area contributed by atoms with Crippen LogP contribution in [0.4, 0.5) is 17.1 Å². The van der Waals surface area contributed by atoms with E-state index in [1.807, 2.05) is 46.9 Å². The van der Waals surface area contributed by atoms with Crippen molar-refractivity contribution in [3.63, 3.8) is 0 Å². The fourth-order valence-electron chi connectivity index (χ4n) is 8.31. The highest BCUT2D eigenvalue weighted by atomic mass is 32.1. The Balaban J connectivity index is 1.05. The van der Waals surface area contributed by atoms with Crippen LogP contribution in [0.3, 0.4) is 0 Å². The van der Waals surface area contributed by atoms with Crippen LogP contribution < -0.4 is 4.90 Å². The van der Waals surface area contributed by atoms with Crippen LogP contribution in [0.1, 0.15) is 0 Å². The normalized spacial score (nSPS) is 12.2. The van der Waals surface area contributed by atoms with E-state index < -0.39 is 0 Å². The number of fused-ring (bicyclic) bond motifs is 13. The van der Waals surface area contributed by atoms with Crippen LogP contribution in [-0.2, 0) is 0 Å². The highest BCUT2D eigenvalue weighted by molar-refractivity contribution is 7.30. The Morgan fingerprint density at radius 3 is 1.91 bits per heavy atom. The first-order chi connectivity index (χ1) is 26.3. The summed E-state index contributed by atoms with van der Waals surface area (Å²) in [6.07, 6.45) is 0. The number of rotatable bonds is 4. The lowest BCUT2D eigenvalue weighted by molar-refractivity contribution is 0.669. The zero-order chi connectivity index (χ0) is 34.6. The maximum absolute atomic E-state index is 6.40. The first-order valence-electron chi connectivity index (χ1n) is 17.7. The molecule has 0 saturated carbocycles. The molecule has 0 spiro atoms. The van der Waals surface area contributed by atoms with Gasteiger partial charge in [0.1, 0.15) is 22.3 Å². The Bertz CT molecular complexity index is 3420. The molecule has 4 heterocycles. The van der Waals surface area contributed by atoms with E-state index in [2.05, 4.69) is 144 Å². The highest BCUT2D eigenvalue weighted by Crippen LogP contribution is 2.48. The van der Waals surface area contributed by atoms with E-state index in [1.54, 1.807) is 0 Å². The fourth-order valence-corrected chi connectivity index (χ4v) is 10.9. The van der Waals surface area contributed by atoms with Gasteiger partial charge in [0.2, 0.25) is 0 Å². The summed E-state index contributed by atoms with van der Waals surface area (Å²) < 4.78 is 18.1. The van der Waals surface area contributed by atoms with Crippen LogP contribution >= 0.6 is 22.7 Å². The van der Waals surface area contributed by atoms with E-state index in [9.17, 15) is 0 Å². The van der Waals surface area contributed by atoms with Gasteiger partial charge < -0.3 is 13.7 Å². The molecule has 0 aliphatic heterocycles. The van der Waals surface area contributed by atoms with Crippen LogP contribution in [-0.4, -0.2) is 0 Å². The molecule has 4 aromatic heterocycles. The van der Waals surface area contributed by atoms with Crippen LogP contribution in [0, 0.1) is 0 Å². The third-order valence-electron chi connectivity index (χ3n) is 10.7. The topological polar surface area (TPSA) is 29.5 Å². The van der Waals surface area contributed by atoms with E-state index >= 15 is 0 Å². The third-order valence-corrected chi connectivity index (χ3v) is 13.1. The molecule has 0 amide bonds. The summed E-state index contributed by atoms with van der Waals surface area (Å²) in [7, 11) is 0. The predicted molar refractivity (Wildman–Crippen MR) is 227 cm³/mol. The van der Waals surface area contributed by atoms with Crippen molar-refractivity contribution < 1.29 is 8.83 Å². The first kappa shape index (κ1) is 29.2. The number of benzene rings is 8. The van der Waals surface area contributed by atoms with Gasteiger partial charge >= 0.3 is 0 Å². The second-order valence-electron chi connectivity index (χ2n) is 13.6. The van der Waals surface area contributed by atoms with Gasteiger partial charge in [0.05, 0.1) is 11.1 Å². The van der Waals surface area contributed by atoms with Crippen molar-refractivity contribution in [2.45, 2.75) is 0 Å². The van der Waals surface area contributed by atoms with Crippen molar-refractivity contribution in [3.05, 3.63) is 164 Å². The van der Waals surface area contributed by atoms with Crippen LogP contribution in [0.15, 0.2) is 173 Å². The van der Waals surface area contributed by atoms with E-state index in [0.29, 0.717) is 0 Å². The van der Waals surface area contributed by atoms with Crippen molar-refractivity contribution in [1.29, 1.82) is 0 Å². The summed E-state index contributed by atoms with van der Waals surface area (Å²) in [5, 5.41) is 9.76. The van der Waals surface area contributed by atoms with E-state index in [0.717, 1.165) is 60.9 Å². The molecule has 3 nitrogen and oxygen atoms in total. The maximum Gasteiger partial charge on any atom is 0.137 e. The first-order valence-corrected chi connectivity index (χ1v) is 19.4. The minimum atomic E-state index is 0.860. The van der Waals surface area contributed by atoms with Gasteiger partial charge in [0, 0.05) is 73.9 Å². The van der Waals surface area contributed by atoms with E-state index in [-0.39, 0.29) is 0 Å². The lowest BCUT2D eigenvalue weighted by Crippen LogP contribution is -2.10. The Hall–Kier alpha value is -6.40. The largest absolute Gasteiger partial charge is 0.456 e. The molecule has 0 bridgehead atoms. The van der Waals surface area contributed by atoms with Gasteiger partial charge in [-0.1, -0.05) is 97.1 Å². The molecule has 0 unspecified atom stereocenters. The molecular formula is C48H27NO2S2. The summed E-state index contributed by atoms with van der Waals surface area (Å²) in [6.45, 7) is 0. The number of anilines is 3. The second kappa shape index (κ2) is 11.1. The van der Waals surface area contributed by atoms with Gasteiger partial charge in [-0.05, 0) is 71.8 Å². The molecule has 12 aromatic rings. The number of hydrogen-bond acceptors (Lipinski definition) is 5. The van der Waals surface area contributed by atoms with Gasteiger partial charge in [-0.2, -0.15) is 0 Å². The smallest absolute Gasteiger partial charge is 0.137 e. The lowest BCUT2D eigenvalue weighted by atomic mass is 10.0. The molecule has 53 heavy (non-hydrogen) atoms. The molecule has 248 valence electrons. The summed E-state index contributed by atoms with van der Waals surface area (Å²) in [5.41, 5.74) is 9.05. The van der Waals surface area contributed by atoms with Crippen LogP contribution in [0.2, 0.25) is 0 Å². The Morgan fingerprint density at radius 1 is 0.377 bits per heavy atom. The number of para-hydroxylation sites is 2. The van der Waals surface area contributed by atoms with Crippen molar-refractivity contribution in [2.24, 2.45) is 0 Å². The molecule has 0 aliphatic carbocycles. The van der Waals surface area contributed by atoms with Crippen molar-refractivity contribution in [3.8, 4) is 11.1 Å². The third kappa shape index (κ3) is 4.26. The van der Waals surface area contributed by atoms with Gasteiger partial charge in [0.25, 0.3) is 0 Å². The molecule has 12 rings (SSSR count). The fraction of sp³-hybridized carbons (Fsp3) is 0. The van der Waals surface area contributed by atoms with Gasteiger partial charge in [-0.25, -0.2) is 0 Å².